The molecule has 1 rings (SSSR count). The van der Waals surface area contributed by atoms with Crippen LogP contribution >= 0.6 is 0 Å². The van der Waals surface area contributed by atoms with Crippen LogP contribution in [-0.2, 0) is 12.8 Å². The van der Waals surface area contributed by atoms with E-state index in [0.29, 0.717) is 0 Å². The molecule has 0 unspecified atom stereocenters. The third-order valence-corrected chi connectivity index (χ3v) is 2.53. The summed E-state index contributed by atoms with van der Waals surface area (Å²) >= 11 is 0. The van der Waals surface area contributed by atoms with E-state index in [1.54, 1.807) is 0 Å². The molecule has 0 nitrogen and oxygen atoms in total. The van der Waals surface area contributed by atoms with E-state index in [9.17, 15) is 0 Å². The van der Waals surface area contributed by atoms with E-state index in [4.69, 9.17) is 0 Å². The molecule has 0 spiro atoms. The minimum absolute atomic E-state index is 1.15. The highest BCUT2D eigenvalue weighted by Gasteiger charge is 2.01. The number of aryl methyl sites for hydroxylation is 3. The SMILES string of the molecule is CC.CC.CC.CCc1cc(C)cc(CC)c1C. The first-order chi connectivity index (χ1) is 8.69. The minimum atomic E-state index is 1.15. The lowest BCUT2D eigenvalue weighted by Crippen LogP contribution is -1.94. The molecule has 0 amide bonds. The van der Waals surface area contributed by atoms with Gasteiger partial charge in [0, 0.05) is 0 Å². The van der Waals surface area contributed by atoms with Gasteiger partial charge in [0.25, 0.3) is 0 Å². The van der Waals surface area contributed by atoms with Crippen LogP contribution in [0.1, 0.15) is 77.6 Å². The van der Waals surface area contributed by atoms with E-state index in [0.717, 1.165) is 12.8 Å². The van der Waals surface area contributed by atoms with E-state index < -0.39 is 0 Å². The summed E-state index contributed by atoms with van der Waals surface area (Å²) in [5.41, 5.74) is 5.90. The molecule has 0 heteroatoms. The summed E-state index contributed by atoms with van der Waals surface area (Å²) < 4.78 is 0. The lowest BCUT2D eigenvalue weighted by atomic mass is 9.96. The van der Waals surface area contributed by atoms with Crippen LogP contribution in [0.5, 0.6) is 0 Å². The Hall–Kier alpha value is -0.780. The second-order valence-corrected chi connectivity index (χ2v) is 3.42. The summed E-state index contributed by atoms with van der Waals surface area (Å²) in [5.74, 6) is 0. The van der Waals surface area contributed by atoms with Crippen molar-refractivity contribution in [2.75, 3.05) is 0 Å². The van der Waals surface area contributed by atoms with Gasteiger partial charge in [-0.2, -0.15) is 0 Å². The van der Waals surface area contributed by atoms with E-state index in [1.807, 2.05) is 41.5 Å². The smallest absolute Gasteiger partial charge is 0.0305 e. The summed E-state index contributed by atoms with van der Waals surface area (Å²) in [7, 11) is 0. The van der Waals surface area contributed by atoms with Gasteiger partial charge in [0.1, 0.15) is 0 Å². The van der Waals surface area contributed by atoms with Gasteiger partial charge in [0.05, 0.1) is 0 Å². The van der Waals surface area contributed by atoms with Crippen LogP contribution < -0.4 is 0 Å². The molecule has 0 aliphatic heterocycles. The molecule has 0 bridgehead atoms. The third-order valence-electron chi connectivity index (χ3n) is 2.53. The quantitative estimate of drug-likeness (QED) is 0.563. The van der Waals surface area contributed by atoms with Gasteiger partial charge in [0.2, 0.25) is 0 Å². The molecule has 18 heavy (non-hydrogen) atoms. The highest BCUT2D eigenvalue weighted by Crippen LogP contribution is 2.17. The zero-order valence-corrected chi connectivity index (χ0v) is 14.6. The van der Waals surface area contributed by atoms with Crippen LogP contribution in [0.15, 0.2) is 12.1 Å². The van der Waals surface area contributed by atoms with Gasteiger partial charge in [0.15, 0.2) is 0 Å². The fourth-order valence-electron chi connectivity index (χ4n) is 1.75. The normalized spacial score (nSPS) is 7.89. The van der Waals surface area contributed by atoms with E-state index in [-0.39, 0.29) is 0 Å². The van der Waals surface area contributed by atoms with Gasteiger partial charge in [-0.3, -0.25) is 0 Å². The second-order valence-electron chi connectivity index (χ2n) is 3.42. The number of hydrogen-bond donors (Lipinski definition) is 0. The zero-order valence-electron chi connectivity index (χ0n) is 14.6. The molecule has 0 saturated heterocycles. The van der Waals surface area contributed by atoms with Crippen molar-refractivity contribution in [2.24, 2.45) is 0 Å². The Morgan fingerprint density at radius 2 is 0.944 bits per heavy atom. The summed E-state index contributed by atoms with van der Waals surface area (Å²) in [4.78, 5) is 0. The standard InChI is InChI=1S/C12H18.3C2H6/c1-5-11-7-9(3)8-12(6-2)10(11)4;3*1-2/h7-8H,5-6H2,1-4H3;3*1-2H3. The van der Waals surface area contributed by atoms with Crippen LogP contribution in [0.25, 0.3) is 0 Å². The highest BCUT2D eigenvalue weighted by molar-refractivity contribution is 5.37. The van der Waals surface area contributed by atoms with Crippen molar-refractivity contribution in [1.29, 1.82) is 0 Å². The molecule has 108 valence electrons. The lowest BCUT2D eigenvalue weighted by Gasteiger charge is -2.09. The zero-order chi connectivity index (χ0) is 15.1. The summed E-state index contributed by atoms with van der Waals surface area (Å²) in [6.07, 6.45) is 2.31. The molecular weight excluding hydrogens is 216 g/mol. The maximum absolute atomic E-state index is 2.30. The minimum Gasteiger partial charge on any atom is -0.0683 e. The fourth-order valence-corrected chi connectivity index (χ4v) is 1.75. The van der Waals surface area contributed by atoms with Crippen LogP contribution in [-0.4, -0.2) is 0 Å². The Morgan fingerprint density at radius 1 is 0.667 bits per heavy atom. The average Bonchev–Trinajstić information content (AvgIpc) is 2.47. The van der Waals surface area contributed by atoms with Gasteiger partial charge in [-0.15, -0.1) is 0 Å². The summed E-state index contributed by atoms with van der Waals surface area (Å²) in [6, 6.07) is 4.60. The van der Waals surface area contributed by atoms with Crippen molar-refractivity contribution >= 4 is 0 Å². The lowest BCUT2D eigenvalue weighted by molar-refractivity contribution is 1.04. The van der Waals surface area contributed by atoms with Crippen molar-refractivity contribution in [3.63, 3.8) is 0 Å². The van der Waals surface area contributed by atoms with Gasteiger partial charge >= 0.3 is 0 Å². The number of hydrogen-bond acceptors (Lipinski definition) is 0. The average molecular weight is 252 g/mol. The largest absolute Gasteiger partial charge is 0.0683 e. The third kappa shape index (κ3) is 8.33. The highest BCUT2D eigenvalue weighted by atomic mass is 14.1. The molecule has 0 aromatic heterocycles. The molecule has 0 fully saturated rings. The van der Waals surface area contributed by atoms with Crippen molar-refractivity contribution in [3.05, 3.63) is 34.4 Å². The molecule has 0 atom stereocenters. The first kappa shape index (κ1) is 22.4. The van der Waals surface area contributed by atoms with Crippen LogP contribution in [0.2, 0.25) is 0 Å². The predicted octanol–water partition coefficient (Wildman–Crippen LogP) is 6.51. The van der Waals surface area contributed by atoms with Crippen LogP contribution in [0.4, 0.5) is 0 Å². The molecule has 0 aliphatic rings. The summed E-state index contributed by atoms with van der Waals surface area (Å²) in [5, 5.41) is 0. The Kier molecular flexibility index (Phi) is 20.2. The van der Waals surface area contributed by atoms with Crippen LogP contribution in [0.3, 0.4) is 0 Å². The first-order valence-electron chi connectivity index (χ1n) is 7.78. The number of rotatable bonds is 2. The monoisotopic (exact) mass is 252 g/mol. The summed E-state index contributed by atoms with van der Waals surface area (Å²) in [6.45, 7) is 20.9. The molecule has 1 aromatic carbocycles. The van der Waals surface area contributed by atoms with Gasteiger partial charge < -0.3 is 0 Å². The predicted molar refractivity (Wildman–Crippen MR) is 88.7 cm³/mol. The van der Waals surface area contributed by atoms with E-state index in [2.05, 4.69) is 39.8 Å². The van der Waals surface area contributed by atoms with Gasteiger partial charge in [-0.25, -0.2) is 0 Å². The molecule has 0 heterocycles. The van der Waals surface area contributed by atoms with Gasteiger partial charge in [-0.1, -0.05) is 73.1 Å². The van der Waals surface area contributed by atoms with Crippen molar-refractivity contribution in [3.8, 4) is 0 Å². The molecule has 0 N–H and O–H groups in total. The molecular formula is C18H36. The Bertz CT molecular complexity index is 246. The van der Waals surface area contributed by atoms with E-state index in [1.165, 1.54) is 22.3 Å². The van der Waals surface area contributed by atoms with E-state index >= 15 is 0 Å². The Morgan fingerprint density at radius 3 is 1.17 bits per heavy atom. The maximum atomic E-state index is 2.30. The van der Waals surface area contributed by atoms with Crippen molar-refractivity contribution in [2.45, 2.75) is 82.1 Å². The Balaban J connectivity index is -0.000000328. The topological polar surface area (TPSA) is 0 Å². The fraction of sp³-hybridized carbons (Fsp3) is 0.667. The van der Waals surface area contributed by atoms with Crippen molar-refractivity contribution < 1.29 is 0 Å². The van der Waals surface area contributed by atoms with Crippen molar-refractivity contribution in [1.82, 2.24) is 0 Å². The second kappa shape index (κ2) is 16.2. The maximum Gasteiger partial charge on any atom is -0.0305 e. The van der Waals surface area contributed by atoms with Crippen LogP contribution in [0, 0.1) is 13.8 Å². The molecule has 1 aromatic rings. The first-order valence-corrected chi connectivity index (χ1v) is 7.78. The molecule has 0 aliphatic carbocycles. The van der Waals surface area contributed by atoms with Gasteiger partial charge in [-0.05, 0) is 43.4 Å². The Labute approximate surface area is 117 Å². The molecule has 0 saturated carbocycles. The number of benzene rings is 1. The molecule has 0 radical (unpaired) electrons.